The van der Waals surface area contributed by atoms with Crippen molar-refractivity contribution in [2.45, 2.75) is 58.8 Å². The summed E-state index contributed by atoms with van der Waals surface area (Å²) in [5, 5.41) is 0. The molecule has 0 aliphatic heterocycles. The Balaban J connectivity index is 2.46. The Bertz CT molecular complexity index is 821. The Morgan fingerprint density at radius 2 is 1.48 bits per heavy atom. The van der Waals surface area contributed by atoms with E-state index in [0.717, 1.165) is 11.1 Å². The number of benzene rings is 1. The van der Waals surface area contributed by atoms with Crippen LogP contribution in [-0.4, -0.2) is 32.9 Å². The molecule has 0 N–H and O–H groups in total. The van der Waals surface area contributed by atoms with Gasteiger partial charge in [-0.15, -0.1) is 0 Å². The average molecular weight is 374 g/mol. The van der Waals surface area contributed by atoms with E-state index in [-0.39, 0.29) is 17.5 Å². The second-order valence-corrected chi connectivity index (χ2v) is 8.78. The summed E-state index contributed by atoms with van der Waals surface area (Å²) in [5.74, 6) is 1.53. The molecule has 1 fully saturated rings. The van der Waals surface area contributed by atoms with Crippen LogP contribution in [0.25, 0.3) is 0 Å². The van der Waals surface area contributed by atoms with E-state index in [9.17, 15) is 9.59 Å². The van der Waals surface area contributed by atoms with Crippen LogP contribution in [0.1, 0.15) is 74.9 Å². The summed E-state index contributed by atoms with van der Waals surface area (Å²) < 4.78 is 17.3. The van der Waals surface area contributed by atoms with Crippen molar-refractivity contribution in [1.82, 2.24) is 0 Å². The largest absolute Gasteiger partial charge is 0.496 e. The van der Waals surface area contributed by atoms with Gasteiger partial charge >= 0.3 is 0 Å². The van der Waals surface area contributed by atoms with Crippen molar-refractivity contribution in [1.29, 1.82) is 0 Å². The van der Waals surface area contributed by atoms with Crippen molar-refractivity contribution >= 4 is 11.6 Å². The lowest BCUT2D eigenvalue weighted by Gasteiger charge is -2.45. The third-order valence-corrected chi connectivity index (χ3v) is 6.62. The predicted octanol–water partition coefficient (Wildman–Crippen LogP) is 4.30. The first-order valence-electron chi connectivity index (χ1n) is 9.51. The first kappa shape index (κ1) is 19.7. The Morgan fingerprint density at radius 1 is 0.926 bits per heavy atom. The maximum Gasteiger partial charge on any atom is 0.171 e. The molecule has 2 aliphatic carbocycles. The lowest BCUT2D eigenvalue weighted by atomic mass is 9.56. The van der Waals surface area contributed by atoms with Gasteiger partial charge in [-0.05, 0) is 12.3 Å². The van der Waals surface area contributed by atoms with Crippen LogP contribution in [0.3, 0.4) is 0 Å². The minimum atomic E-state index is -0.732. The highest BCUT2D eigenvalue weighted by molar-refractivity contribution is 6.11. The minimum absolute atomic E-state index is 0.0229. The SMILES string of the molecule is COc1c(OC)c2c(c(OC)c1C(C)C)C(=O)[C@H]1C(C)(C)C(=O)CC[C@@]21C. The molecule has 27 heavy (non-hydrogen) atoms. The molecule has 0 aromatic heterocycles. The van der Waals surface area contributed by atoms with Gasteiger partial charge in [-0.2, -0.15) is 0 Å². The van der Waals surface area contributed by atoms with Gasteiger partial charge in [-0.1, -0.05) is 34.6 Å². The highest BCUT2D eigenvalue weighted by Crippen LogP contribution is 2.63. The molecule has 3 rings (SSSR count). The maximum absolute atomic E-state index is 13.7. The normalized spacial score (nSPS) is 26.0. The van der Waals surface area contributed by atoms with Gasteiger partial charge in [0.2, 0.25) is 0 Å². The van der Waals surface area contributed by atoms with Crippen molar-refractivity contribution in [3.05, 3.63) is 16.7 Å². The van der Waals surface area contributed by atoms with Crippen LogP contribution in [0.5, 0.6) is 17.2 Å². The molecule has 0 unspecified atom stereocenters. The summed E-state index contributed by atoms with van der Waals surface area (Å²) >= 11 is 0. The molecule has 0 bridgehead atoms. The monoisotopic (exact) mass is 374 g/mol. The van der Waals surface area contributed by atoms with E-state index in [1.165, 1.54) is 0 Å². The van der Waals surface area contributed by atoms with Crippen molar-refractivity contribution < 1.29 is 23.8 Å². The number of rotatable bonds is 4. The molecule has 0 spiro atoms. The summed E-state index contributed by atoms with van der Waals surface area (Å²) in [5.41, 5.74) is 0.999. The molecule has 0 heterocycles. The lowest BCUT2D eigenvalue weighted by Crippen LogP contribution is -2.49. The van der Waals surface area contributed by atoms with Gasteiger partial charge < -0.3 is 14.2 Å². The van der Waals surface area contributed by atoms with Crippen LogP contribution in [-0.2, 0) is 10.2 Å². The summed E-state index contributed by atoms with van der Waals surface area (Å²) in [6.07, 6.45) is 1.06. The lowest BCUT2D eigenvalue weighted by molar-refractivity contribution is -0.134. The second kappa shape index (κ2) is 6.25. The van der Waals surface area contributed by atoms with Crippen LogP contribution < -0.4 is 14.2 Å². The second-order valence-electron chi connectivity index (χ2n) is 8.78. The van der Waals surface area contributed by atoms with Gasteiger partial charge in [0.15, 0.2) is 17.3 Å². The number of methoxy groups -OCH3 is 3. The van der Waals surface area contributed by atoms with Crippen LogP contribution in [0.2, 0.25) is 0 Å². The van der Waals surface area contributed by atoms with E-state index in [1.54, 1.807) is 21.3 Å². The quantitative estimate of drug-likeness (QED) is 0.786. The standard InChI is InChI=1S/C22H30O5/c1-11(2)13-17(25-6)14-15(19(27-8)18(13)26-7)22(5)10-9-12(23)21(3,4)20(22)16(14)24/h11,20H,9-10H2,1-8H3/t20-,22-/m0/s1. The number of carbonyl (C=O) groups is 2. The van der Waals surface area contributed by atoms with Gasteiger partial charge in [0.25, 0.3) is 0 Å². The zero-order valence-electron chi connectivity index (χ0n) is 17.6. The van der Waals surface area contributed by atoms with Crippen LogP contribution in [0.15, 0.2) is 0 Å². The van der Waals surface area contributed by atoms with Crippen molar-refractivity contribution in [3.63, 3.8) is 0 Å². The molecular weight excluding hydrogens is 344 g/mol. The topological polar surface area (TPSA) is 61.8 Å². The molecule has 0 amide bonds. The van der Waals surface area contributed by atoms with E-state index in [2.05, 4.69) is 6.92 Å². The Morgan fingerprint density at radius 3 is 1.96 bits per heavy atom. The highest BCUT2D eigenvalue weighted by Gasteiger charge is 2.62. The average Bonchev–Trinajstić information content (AvgIpc) is 2.85. The molecule has 1 aromatic carbocycles. The fraction of sp³-hybridized carbons (Fsp3) is 0.636. The number of carbonyl (C=O) groups excluding carboxylic acids is 2. The molecule has 2 atom stereocenters. The number of hydrogen-bond acceptors (Lipinski definition) is 5. The van der Waals surface area contributed by atoms with Crippen LogP contribution in [0, 0.1) is 11.3 Å². The van der Waals surface area contributed by atoms with E-state index in [1.807, 2.05) is 27.7 Å². The molecule has 5 heteroatoms. The first-order valence-corrected chi connectivity index (χ1v) is 9.51. The fourth-order valence-corrected chi connectivity index (χ4v) is 5.44. The molecule has 1 aromatic rings. The first-order chi connectivity index (χ1) is 12.6. The molecule has 2 aliphatic rings. The van der Waals surface area contributed by atoms with Gasteiger partial charge in [0, 0.05) is 34.3 Å². The van der Waals surface area contributed by atoms with E-state index in [4.69, 9.17) is 14.2 Å². The van der Waals surface area contributed by atoms with Crippen molar-refractivity contribution in [2.24, 2.45) is 11.3 Å². The molecule has 1 saturated carbocycles. The van der Waals surface area contributed by atoms with Crippen LogP contribution >= 0.6 is 0 Å². The summed E-state index contributed by atoms with van der Waals surface area (Å²) in [7, 11) is 4.80. The maximum atomic E-state index is 13.7. The van der Waals surface area contributed by atoms with E-state index < -0.39 is 16.7 Å². The number of ether oxygens (including phenoxy) is 3. The summed E-state index contributed by atoms with van der Waals surface area (Å²) in [4.78, 5) is 26.4. The highest BCUT2D eigenvalue weighted by atomic mass is 16.5. The summed E-state index contributed by atoms with van der Waals surface area (Å²) in [6, 6.07) is 0. The Kier molecular flexibility index (Phi) is 4.56. The molecule has 0 saturated heterocycles. The Labute approximate surface area is 161 Å². The predicted molar refractivity (Wildman–Crippen MR) is 103 cm³/mol. The summed E-state index contributed by atoms with van der Waals surface area (Å²) in [6.45, 7) is 9.93. The number of Topliss-reactive ketones (excluding diaryl/α,β-unsaturated/α-hetero) is 2. The molecule has 148 valence electrons. The zero-order chi connectivity index (χ0) is 20.3. The molecule has 5 nitrogen and oxygen atoms in total. The Hall–Kier alpha value is -2.04. The minimum Gasteiger partial charge on any atom is -0.496 e. The van der Waals surface area contributed by atoms with Gasteiger partial charge in [0.05, 0.1) is 26.9 Å². The number of hydrogen-bond donors (Lipinski definition) is 0. The molecule has 0 radical (unpaired) electrons. The third-order valence-electron chi connectivity index (χ3n) is 6.62. The van der Waals surface area contributed by atoms with Crippen LogP contribution in [0.4, 0.5) is 0 Å². The third kappa shape index (κ3) is 2.36. The number of fused-ring (bicyclic) bond motifs is 3. The number of ketones is 2. The fourth-order valence-electron chi connectivity index (χ4n) is 5.44. The van der Waals surface area contributed by atoms with Gasteiger partial charge in [-0.25, -0.2) is 0 Å². The van der Waals surface area contributed by atoms with Crippen molar-refractivity contribution in [3.8, 4) is 17.2 Å². The van der Waals surface area contributed by atoms with Gasteiger partial charge in [-0.3, -0.25) is 9.59 Å². The molecular formula is C22H30O5. The van der Waals surface area contributed by atoms with Crippen molar-refractivity contribution in [2.75, 3.05) is 21.3 Å². The van der Waals surface area contributed by atoms with E-state index in [0.29, 0.717) is 35.7 Å². The zero-order valence-corrected chi connectivity index (χ0v) is 17.6. The smallest absolute Gasteiger partial charge is 0.171 e. The van der Waals surface area contributed by atoms with E-state index >= 15 is 0 Å². The van der Waals surface area contributed by atoms with Gasteiger partial charge in [0.1, 0.15) is 11.5 Å².